The van der Waals surface area contributed by atoms with Gasteiger partial charge in [-0.15, -0.1) is 5.10 Å². The average Bonchev–Trinajstić information content (AvgIpc) is 2.55. The molecule has 0 aliphatic rings. The molecule has 0 radical (unpaired) electrons. The van der Waals surface area contributed by atoms with Crippen molar-refractivity contribution < 1.29 is 0 Å². The standard InChI is InChI=1S/C16H10N4O/c21-16-13-7-3-4-8-14(13)17-10-20(16)15-12-6-2-1-5-11(12)9-18-19-15/h1-10H. The highest BCUT2D eigenvalue weighted by Crippen LogP contribution is 2.18. The van der Waals surface area contributed by atoms with Gasteiger partial charge in [0, 0.05) is 10.8 Å². The predicted octanol–water partition coefficient (Wildman–Crippen LogP) is 2.33. The maximum absolute atomic E-state index is 12.6. The van der Waals surface area contributed by atoms with Crippen LogP contribution in [-0.4, -0.2) is 19.7 Å². The molecule has 21 heavy (non-hydrogen) atoms. The number of benzene rings is 2. The molecule has 100 valence electrons. The Labute approximate surface area is 119 Å². The van der Waals surface area contributed by atoms with Crippen molar-refractivity contribution in [3.8, 4) is 5.82 Å². The first-order valence-corrected chi connectivity index (χ1v) is 6.52. The van der Waals surface area contributed by atoms with Gasteiger partial charge in [0.25, 0.3) is 5.56 Å². The Morgan fingerprint density at radius 2 is 1.67 bits per heavy atom. The van der Waals surface area contributed by atoms with Crippen molar-refractivity contribution in [1.29, 1.82) is 0 Å². The summed E-state index contributed by atoms with van der Waals surface area (Å²) < 4.78 is 1.44. The lowest BCUT2D eigenvalue weighted by Gasteiger charge is -2.07. The van der Waals surface area contributed by atoms with Crippen molar-refractivity contribution in [2.45, 2.75) is 0 Å². The molecule has 0 aliphatic carbocycles. The van der Waals surface area contributed by atoms with Gasteiger partial charge in [0.15, 0.2) is 5.82 Å². The Morgan fingerprint density at radius 3 is 2.57 bits per heavy atom. The van der Waals surface area contributed by atoms with Crippen LogP contribution in [0.2, 0.25) is 0 Å². The minimum Gasteiger partial charge on any atom is -0.268 e. The maximum atomic E-state index is 12.6. The SMILES string of the molecule is O=c1c2ccccc2ncn1-c1nncc2ccccc12. The molecule has 0 N–H and O–H groups in total. The molecule has 5 heteroatoms. The zero-order valence-electron chi connectivity index (χ0n) is 11.0. The lowest BCUT2D eigenvalue weighted by atomic mass is 10.2. The van der Waals surface area contributed by atoms with E-state index in [4.69, 9.17) is 0 Å². The second kappa shape index (κ2) is 4.49. The van der Waals surface area contributed by atoms with E-state index in [1.165, 1.54) is 10.9 Å². The molecule has 0 saturated carbocycles. The van der Waals surface area contributed by atoms with E-state index in [1.54, 1.807) is 12.3 Å². The summed E-state index contributed by atoms with van der Waals surface area (Å²) in [4.78, 5) is 16.9. The van der Waals surface area contributed by atoms with E-state index in [9.17, 15) is 4.79 Å². The molecule has 0 bridgehead atoms. The van der Waals surface area contributed by atoms with E-state index in [1.807, 2.05) is 42.5 Å². The second-order valence-electron chi connectivity index (χ2n) is 4.69. The minimum absolute atomic E-state index is 0.147. The second-order valence-corrected chi connectivity index (χ2v) is 4.69. The van der Waals surface area contributed by atoms with Gasteiger partial charge < -0.3 is 0 Å². The number of para-hydroxylation sites is 1. The van der Waals surface area contributed by atoms with Crippen LogP contribution in [0.15, 0.2) is 65.8 Å². The number of rotatable bonds is 1. The monoisotopic (exact) mass is 274 g/mol. The van der Waals surface area contributed by atoms with Crippen LogP contribution < -0.4 is 5.56 Å². The van der Waals surface area contributed by atoms with Gasteiger partial charge in [-0.2, -0.15) is 5.10 Å². The molecule has 2 heterocycles. The van der Waals surface area contributed by atoms with E-state index >= 15 is 0 Å². The third-order valence-corrected chi connectivity index (χ3v) is 3.44. The van der Waals surface area contributed by atoms with E-state index in [0.29, 0.717) is 16.7 Å². The average molecular weight is 274 g/mol. The number of hydrogen-bond donors (Lipinski definition) is 0. The van der Waals surface area contributed by atoms with Gasteiger partial charge in [-0.05, 0) is 12.1 Å². The zero-order chi connectivity index (χ0) is 14.2. The van der Waals surface area contributed by atoms with Gasteiger partial charge >= 0.3 is 0 Å². The third-order valence-electron chi connectivity index (χ3n) is 3.44. The highest BCUT2D eigenvalue weighted by Gasteiger charge is 2.09. The molecule has 0 spiro atoms. The van der Waals surface area contributed by atoms with Crippen molar-refractivity contribution >= 4 is 21.7 Å². The fourth-order valence-corrected chi connectivity index (χ4v) is 2.41. The molecule has 2 aromatic heterocycles. The van der Waals surface area contributed by atoms with Crippen molar-refractivity contribution in [2.24, 2.45) is 0 Å². The molecule has 2 aromatic carbocycles. The summed E-state index contributed by atoms with van der Waals surface area (Å²) in [6.07, 6.45) is 3.18. The number of nitrogens with zero attached hydrogens (tertiary/aromatic N) is 4. The molecule has 0 fully saturated rings. The predicted molar refractivity (Wildman–Crippen MR) is 80.4 cm³/mol. The molecule has 4 aromatic rings. The molecule has 0 amide bonds. The topological polar surface area (TPSA) is 60.7 Å². The number of aromatic nitrogens is 4. The van der Waals surface area contributed by atoms with E-state index in [2.05, 4.69) is 15.2 Å². The maximum Gasteiger partial charge on any atom is 0.267 e. The van der Waals surface area contributed by atoms with E-state index in [-0.39, 0.29) is 5.56 Å². The normalized spacial score (nSPS) is 11.0. The number of fused-ring (bicyclic) bond motifs is 2. The van der Waals surface area contributed by atoms with Crippen molar-refractivity contribution in [3.05, 3.63) is 71.4 Å². The molecular formula is C16H10N4O. The summed E-state index contributed by atoms with van der Waals surface area (Å²) in [7, 11) is 0. The Kier molecular flexibility index (Phi) is 2.50. The lowest BCUT2D eigenvalue weighted by molar-refractivity contribution is 0.884. The molecular weight excluding hydrogens is 264 g/mol. The Morgan fingerprint density at radius 1 is 0.905 bits per heavy atom. The molecule has 5 nitrogen and oxygen atoms in total. The fraction of sp³-hybridized carbons (Fsp3) is 0. The summed E-state index contributed by atoms with van der Waals surface area (Å²) in [5.74, 6) is 0.497. The van der Waals surface area contributed by atoms with Crippen molar-refractivity contribution in [3.63, 3.8) is 0 Å². The van der Waals surface area contributed by atoms with Gasteiger partial charge in [-0.1, -0.05) is 36.4 Å². The van der Waals surface area contributed by atoms with Crippen LogP contribution >= 0.6 is 0 Å². The summed E-state index contributed by atoms with van der Waals surface area (Å²) in [5, 5.41) is 10.5. The van der Waals surface area contributed by atoms with E-state index < -0.39 is 0 Å². The first-order valence-electron chi connectivity index (χ1n) is 6.52. The fourth-order valence-electron chi connectivity index (χ4n) is 2.41. The summed E-state index contributed by atoms with van der Waals surface area (Å²) in [6, 6.07) is 15.0. The molecule has 0 unspecified atom stereocenters. The smallest absolute Gasteiger partial charge is 0.267 e. The largest absolute Gasteiger partial charge is 0.268 e. The van der Waals surface area contributed by atoms with Crippen molar-refractivity contribution in [1.82, 2.24) is 19.7 Å². The van der Waals surface area contributed by atoms with Gasteiger partial charge in [0.05, 0.1) is 17.1 Å². The van der Waals surface area contributed by atoms with Crippen LogP contribution in [0.4, 0.5) is 0 Å². The third kappa shape index (κ3) is 1.79. The van der Waals surface area contributed by atoms with Crippen LogP contribution in [0.25, 0.3) is 27.5 Å². The lowest BCUT2D eigenvalue weighted by Crippen LogP contribution is -2.20. The molecule has 4 rings (SSSR count). The summed E-state index contributed by atoms with van der Waals surface area (Å²) in [6.45, 7) is 0. The van der Waals surface area contributed by atoms with Crippen LogP contribution in [-0.2, 0) is 0 Å². The first kappa shape index (κ1) is 11.7. The van der Waals surface area contributed by atoms with Gasteiger partial charge in [0.1, 0.15) is 6.33 Å². The molecule has 0 saturated heterocycles. The van der Waals surface area contributed by atoms with Crippen LogP contribution in [0.3, 0.4) is 0 Å². The van der Waals surface area contributed by atoms with Crippen LogP contribution in [0.1, 0.15) is 0 Å². The molecule has 0 atom stereocenters. The van der Waals surface area contributed by atoms with Gasteiger partial charge in [0.2, 0.25) is 0 Å². The quantitative estimate of drug-likeness (QED) is 0.534. The van der Waals surface area contributed by atoms with Crippen LogP contribution in [0.5, 0.6) is 0 Å². The van der Waals surface area contributed by atoms with Crippen molar-refractivity contribution in [2.75, 3.05) is 0 Å². The Hall–Kier alpha value is -3.08. The Balaban J connectivity index is 2.10. The highest BCUT2D eigenvalue weighted by atomic mass is 16.1. The molecule has 0 aliphatic heterocycles. The van der Waals surface area contributed by atoms with Gasteiger partial charge in [-0.3, -0.25) is 4.79 Å². The van der Waals surface area contributed by atoms with E-state index in [0.717, 1.165) is 10.8 Å². The van der Waals surface area contributed by atoms with Gasteiger partial charge in [-0.25, -0.2) is 9.55 Å². The highest BCUT2D eigenvalue weighted by molar-refractivity contribution is 5.88. The summed E-state index contributed by atoms with van der Waals surface area (Å²) in [5.41, 5.74) is 0.526. The number of hydrogen-bond acceptors (Lipinski definition) is 4. The van der Waals surface area contributed by atoms with Crippen LogP contribution in [0, 0.1) is 0 Å². The Bertz CT molecular complexity index is 1020. The summed E-state index contributed by atoms with van der Waals surface area (Å²) >= 11 is 0. The zero-order valence-corrected chi connectivity index (χ0v) is 11.0. The minimum atomic E-state index is -0.147. The first-order chi connectivity index (χ1) is 10.3.